The van der Waals surface area contributed by atoms with Gasteiger partial charge < -0.3 is 0 Å². The number of hydrogen-bond acceptors (Lipinski definition) is 0. The second kappa shape index (κ2) is 9.49. The van der Waals surface area contributed by atoms with Crippen LogP contribution in [-0.4, -0.2) is 0 Å². The lowest BCUT2D eigenvalue weighted by atomic mass is 10.0. The number of halogens is 1. The highest BCUT2D eigenvalue weighted by molar-refractivity contribution is 9.10. The molecule has 0 spiro atoms. The summed E-state index contributed by atoms with van der Waals surface area (Å²) in [6, 6.07) is 16.8. The topological polar surface area (TPSA) is 0 Å². The van der Waals surface area contributed by atoms with Gasteiger partial charge in [-0.15, -0.1) is 0 Å². The molecule has 0 nitrogen and oxygen atoms in total. The largest absolute Gasteiger partial charge is 0.0654 e. The molecule has 0 unspecified atom stereocenters. The fourth-order valence-corrected chi connectivity index (χ4v) is 2.63. The Morgan fingerprint density at radius 2 is 1.27 bits per heavy atom. The molecule has 22 heavy (non-hydrogen) atoms. The van der Waals surface area contributed by atoms with Crippen LogP contribution in [-0.2, 0) is 6.42 Å². The van der Waals surface area contributed by atoms with Crippen LogP contribution in [0, 0.1) is 11.8 Å². The molecule has 2 aromatic rings. The Balaban J connectivity index is 1.85. The molecule has 114 valence electrons. The molecule has 0 bridgehead atoms. The van der Waals surface area contributed by atoms with Gasteiger partial charge in [0.1, 0.15) is 0 Å². The van der Waals surface area contributed by atoms with E-state index >= 15 is 0 Å². The predicted molar refractivity (Wildman–Crippen MR) is 99.0 cm³/mol. The van der Waals surface area contributed by atoms with Gasteiger partial charge in [-0.3, -0.25) is 0 Å². The third kappa shape index (κ3) is 6.08. The van der Waals surface area contributed by atoms with E-state index < -0.39 is 0 Å². The first kappa shape index (κ1) is 16.8. The molecule has 0 aliphatic carbocycles. The molecule has 0 saturated heterocycles. The van der Waals surface area contributed by atoms with E-state index in [1.807, 2.05) is 24.3 Å². The maximum absolute atomic E-state index is 3.44. The van der Waals surface area contributed by atoms with Crippen molar-refractivity contribution in [1.82, 2.24) is 0 Å². The fraction of sp³-hybridized carbons (Fsp3) is 0.333. The Kier molecular flexibility index (Phi) is 7.26. The molecule has 0 amide bonds. The summed E-state index contributed by atoms with van der Waals surface area (Å²) in [6.07, 6.45) is 7.87. The molecule has 2 rings (SSSR count). The van der Waals surface area contributed by atoms with Gasteiger partial charge in [0, 0.05) is 15.6 Å². The molecule has 0 aromatic heterocycles. The van der Waals surface area contributed by atoms with Gasteiger partial charge >= 0.3 is 0 Å². The minimum Gasteiger partial charge on any atom is -0.0654 e. The molecule has 0 heterocycles. The van der Waals surface area contributed by atoms with Crippen molar-refractivity contribution in [3.05, 3.63) is 69.7 Å². The van der Waals surface area contributed by atoms with Crippen LogP contribution in [0.3, 0.4) is 0 Å². The summed E-state index contributed by atoms with van der Waals surface area (Å²) in [4.78, 5) is 0. The van der Waals surface area contributed by atoms with Crippen molar-refractivity contribution in [3.63, 3.8) is 0 Å². The number of hydrogen-bond donors (Lipinski definition) is 0. The van der Waals surface area contributed by atoms with Crippen molar-refractivity contribution in [2.45, 2.75) is 45.4 Å². The van der Waals surface area contributed by atoms with E-state index in [1.165, 1.54) is 44.1 Å². The second-order valence-electron chi connectivity index (χ2n) is 5.62. The average Bonchev–Trinajstić information content (AvgIpc) is 2.55. The number of aryl methyl sites for hydroxylation is 1. The third-order valence-electron chi connectivity index (χ3n) is 3.72. The summed E-state index contributed by atoms with van der Waals surface area (Å²) in [5, 5.41) is 0. The zero-order chi connectivity index (χ0) is 15.6. The maximum atomic E-state index is 3.44. The van der Waals surface area contributed by atoms with E-state index in [0.717, 1.165) is 15.6 Å². The van der Waals surface area contributed by atoms with Crippen LogP contribution in [0.5, 0.6) is 0 Å². The van der Waals surface area contributed by atoms with Gasteiger partial charge in [0.15, 0.2) is 0 Å². The van der Waals surface area contributed by atoms with Crippen LogP contribution in [0.2, 0.25) is 0 Å². The van der Waals surface area contributed by atoms with Crippen LogP contribution in [0.25, 0.3) is 0 Å². The van der Waals surface area contributed by atoms with Gasteiger partial charge in [0.25, 0.3) is 0 Å². The molecular weight excluding hydrogens is 332 g/mol. The van der Waals surface area contributed by atoms with E-state index in [1.54, 1.807) is 0 Å². The van der Waals surface area contributed by atoms with Gasteiger partial charge in [-0.1, -0.05) is 72.5 Å². The Bertz CT molecular complexity index is 612. The Morgan fingerprint density at radius 1 is 0.727 bits per heavy atom. The second-order valence-corrected chi connectivity index (χ2v) is 6.53. The minimum absolute atomic E-state index is 1.04. The molecule has 0 aliphatic heterocycles. The molecule has 0 radical (unpaired) electrons. The highest BCUT2D eigenvalue weighted by atomic mass is 79.9. The molecule has 2 aromatic carbocycles. The van der Waals surface area contributed by atoms with Crippen LogP contribution in [0.1, 0.15) is 55.7 Å². The summed E-state index contributed by atoms with van der Waals surface area (Å²) < 4.78 is 1.08. The van der Waals surface area contributed by atoms with E-state index in [-0.39, 0.29) is 0 Å². The lowest BCUT2D eigenvalue weighted by molar-refractivity contribution is 0.632. The van der Waals surface area contributed by atoms with Crippen molar-refractivity contribution in [2.75, 3.05) is 0 Å². The first-order valence-corrected chi connectivity index (χ1v) is 8.94. The maximum Gasteiger partial charge on any atom is 0.0249 e. The van der Waals surface area contributed by atoms with Gasteiger partial charge in [0.05, 0.1) is 0 Å². The van der Waals surface area contributed by atoms with Crippen molar-refractivity contribution in [1.29, 1.82) is 0 Å². The Hall–Kier alpha value is -1.52. The SMILES string of the molecule is CCCCCCCc1ccc(C#Cc2ccc(Br)cc2)cc1. The predicted octanol–water partition coefficient (Wildman–Crippen LogP) is 6.36. The molecule has 0 aliphatic rings. The van der Waals surface area contributed by atoms with Crippen molar-refractivity contribution < 1.29 is 0 Å². The number of unbranched alkanes of at least 4 members (excludes halogenated alkanes) is 4. The van der Waals surface area contributed by atoms with Crippen LogP contribution in [0.4, 0.5) is 0 Å². The molecule has 1 heteroatoms. The molecule has 0 N–H and O–H groups in total. The zero-order valence-electron chi connectivity index (χ0n) is 13.2. The summed E-state index contributed by atoms with van der Waals surface area (Å²) in [6.45, 7) is 2.26. The third-order valence-corrected chi connectivity index (χ3v) is 4.25. The molecule has 0 fully saturated rings. The number of benzene rings is 2. The summed E-state index contributed by atoms with van der Waals surface area (Å²) in [5.41, 5.74) is 3.55. The van der Waals surface area contributed by atoms with Gasteiger partial charge in [0.2, 0.25) is 0 Å². The normalized spacial score (nSPS) is 10.1. The van der Waals surface area contributed by atoms with Gasteiger partial charge in [-0.05, 0) is 54.8 Å². The quantitative estimate of drug-likeness (QED) is 0.418. The van der Waals surface area contributed by atoms with Crippen molar-refractivity contribution >= 4 is 15.9 Å². The fourth-order valence-electron chi connectivity index (χ4n) is 2.36. The standard InChI is InChI=1S/C21H23Br/c1-2-3-4-5-6-7-18-8-10-19(11-9-18)12-13-20-14-16-21(22)17-15-20/h8-11,14-17H,2-7H2,1H3. The molecular formula is C21H23Br. The molecule has 0 saturated carbocycles. The van der Waals surface area contributed by atoms with Gasteiger partial charge in [-0.2, -0.15) is 0 Å². The first-order valence-electron chi connectivity index (χ1n) is 8.14. The Morgan fingerprint density at radius 3 is 1.86 bits per heavy atom. The summed E-state index contributed by atoms with van der Waals surface area (Å²) in [7, 11) is 0. The van der Waals surface area contributed by atoms with Gasteiger partial charge in [-0.25, -0.2) is 0 Å². The zero-order valence-corrected chi connectivity index (χ0v) is 14.8. The van der Waals surface area contributed by atoms with E-state index in [9.17, 15) is 0 Å². The monoisotopic (exact) mass is 354 g/mol. The average molecular weight is 355 g/mol. The molecule has 0 atom stereocenters. The van der Waals surface area contributed by atoms with Crippen molar-refractivity contribution in [2.24, 2.45) is 0 Å². The summed E-state index contributed by atoms with van der Waals surface area (Å²) in [5.74, 6) is 6.43. The lowest BCUT2D eigenvalue weighted by Crippen LogP contribution is -1.86. The van der Waals surface area contributed by atoms with E-state index in [0.29, 0.717) is 0 Å². The summed E-state index contributed by atoms with van der Waals surface area (Å²) >= 11 is 3.44. The highest BCUT2D eigenvalue weighted by Gasteiger charge is 1.94. The van der Waals surface area contributed by atoms with Crippen LogP contribution in [0.15, 0.2) is 53.0 Å². The minimum atomic E-state index is 1.04. The first-order chi connectivity index (χ1) is 10.8. The number of rotatable bonds is 6. The van der Waals surface area contributed by atoms with E-state index in [4.69, 9.17) is 0 Å². The van der Waals surface area contributed by atoms with E-state index in [2.05, 4.69) is 59.0 Å². The lowest BCUT2D eigenvalue weighted by Gasteiger charge is -2.01. The van der Waals surface area contributed by atoms with Crippen molar-refractivity contribution in [3.8, 4) is 11.8 Å². The van der Waals surface area contributed by atoms with Crippen LogP contribution >= 0.6 is 15.9 Å². The smallest absolute Gasteiger partial charge is 0.0249 e. The Labute approximate surface area is 143 Å². The van der Waals surface area contributed by atoms with Crippen LogP contribution < -0.4 is 0 Å². The highest BCUT2D eigenvalue weighted by Crippen LogP contribution is 2.11.